The number of unbranched alkanes of at least 4 members (excludes halogenated alkanes) is 1. The smallest absolute Gasteiger partial charge is 0.179 e. The Morgan fingerprint density at radius 1 is 1.04 bits per heavy atom. The minimum atomic E-state index is -3.36. The van der Waals surface area contributed by atoms with Crippen molar-refractivity contribution in [2.24, 2.45) is 5.41 Å². The summed E-state index contributed by atoms with van der Waals surface area (Å²) in [6, 6.07) is 17.5. The molecule has 0 saturated carbocycles. The Morgan fingerprint density at radius 3 is 2.42 bits per heavy atom. The Balaban J connectivity index is 1.96. The molecule has 2 aliphatic rings. The Morgan fingerprint density at radius 2 is 1.73 bits per heavy atom. The quantitative estimate of drug-likeness (QED) is 0.717. The van der Waals surface area contributed by atoms with Gasteiger partial charge in [-0.3, -0.25) is 0 Å². The lowest BCUT2D eigenvalue weighted by molar-refractivity contribution is 0.191. The molecule has 2 aliphatic heterocycles. The summed E-state index contributed by atoms with van der Waals surface area (Å²) in [5.74, 6) is 0.173. The molecule has 0 aromatic heterocycles. The van der Waals surface area contributed by atoms with Gasteiger partial charge in [-0.25, -0.2) is 8.42 Å². The molecule has 26 heavy (non-hydrogen) atoms. The lowest BCUT2D eigenvalue weighted by atomic mass is 9.71. The van der Waals surface area contributed by atoms with Crippen molar-refractivity contribution in [1.29, 1.82) is 0 Å². The second kappa shape index (κ2) is 6.21. The van der Waals surface area contributed by atoms with Crippen LogP contribution in [0.2, 0.25) is 0 Å². The van der Waals surface area contributed by atoms with Crippen LogP contribution in [-0.4, -0.2) is 20.3 Å². The van der Waals surface area contributed by atoms with Crippen molar-refractivity contribution < 1.29 is 13.2 Å². The molecule has 0 N–H and O–H groups in total. The highest BCUT2D eigenvalue weighted by Gasteiger charge is 2.70. The minimum Gasteiger partial charge on any atom is -0.355 e. The van der Waals surface area contributed by atoms with Gasteiger partial charge < -0.3 is 4.74 Å². The van der Waals surface area contributed by atoms with Crippen molar-refractivity contribution >= 4 is 9.84 Å². The molecule has 1 saturated heterocycles. The van der Waals surface area contributed by atoms with Gasteiger partial charge in [0.15, 0.2) is 9.84 Å². The SMILES string of the molecule is CCCC[C@]1(CC)CS(=O)(=O)c2ccccc2[C@]2(c3ccccc3)O[C@H]12. The first-order chi connectivity index (χ1) is 12.5. The maximum atomic E-state index is 13.3. The zero-order valence-electron chi connectivity index (χ0n) is 15.4. The van der Waals surface area contributed by atoms with E-state index in [0.29, 0.717) is 4.90 Å². The molecule has 0 spiro atoms. The molecular formula is C22H26O3S. The average Bonchev–Trinajstić information content (AvgIpc) is 3.43. The number of sulfone groups is 1. The third-order valence-electron chi connectivity index (χ3n) is 6.21. The van der Waals surface area contributed by atoms with Crippen LogP contribution in [0.4, 0.5) is 0 Å². The Hall–Kier alpha value is -1.65. The van der Waals surface area contributed by atoms with Gasteiger partial charge in [0, 0.05) is 11.0 Å². The lowest BCUT2D eigenvalue weighted by Gasteiger charge is -2.31. The molecule has 0 unspecified atom stereocenters. The number of rotatable bonds is 5. The van der Waals surface area contributed by atoms with Gasteiger partial charge in [0.1, 0.15) is 11.7 Å². The van der Waals surface area contributed by atoms with Crippen LogP contribution in [0.15, 0.2) is 59.5 Å². The molecule has 0 radical (unpaired) electrons. The van der Waals surface area contributed by atoms with Gasteiger partial charge in [0.25, 0.3) is 0 Å². The number of hydrogen-bond acceptors (Lipinski definition) is 3. The summed E-state index contributed by atoms with van der Waals surface area (Å²) in [4.78, 5) is 0.443. The number of benzene rings is 2. The molecule has 3 atom stereocenters. The van der Waals surface area contributed by atoms with Crippen molar-refractivity contribution in [1.82, 2.24) is 0 Å². The molecular weight excluding hydrogens is 344 g/mol. The van der Waals surface area contributed by atoms with Gasteiger partial charge in [-0.05, 0) is 24.5 Å². The Labute approximate surface area is 156 Å². The fraction of sp³-hybridized carbons (Fsp3) is 0.455. The van der Waals surface area contributed by atoms with Crippen LogP contribution in [0.3, 0.4) is 0 Å². The number of fused-ring (bicyclic) bond motifs is 3. The second-order valence-corrected chi connectivity index (χ2v) is 9.63. The monoisotopic (exact) mass is 370 g/mol. The normalized spacial score (nSPS) is 31.5. The summed E-state index contributed by atoms with van der Waals surface area (Å²) >= 11 is 0. The van der Waals surface area contributed by atoms with Crippen LogP contribution in [0.5, 0.6) is 0 Å². The van der Waals surface area contributed by atoms with Crippen LogP contribution < -0.4 is 0 Å². The largest absolute Gasteiger partial charge is 0.355 e. The topological polar surface area (TPSA) is 46.7 Å². The van der Waals surface area contributed by atoms with Gasteiger partial charge in [-0.2, -0.15) is 0 Å². The van der Waals surface area contributed by atoms with Crippen molar-refractivity contribution in [3.63, 3.8) is 0 Å². The molecule has 2 aromatic carbocycles. The molecule has 138 valence electrons. The van der Waals surface area contributed by atoms with E-state index in [1.807, 2.05) is 36.4 Å². The maximum absolute atomic E-state index is 13.3. The van der Waals surface area contributed by atoms with E-state index in [0.717, 1.165) is 36.8 Å². The fourth-order valence-corrected chi connectivity index (χ4v) is 7.00. The number of epoxide rings is 1. The fourth-order valence-electron chi connectivity index (χ4n) is 4.75. The van der Waals surface area contributed by atoms with Crippen LogP contribution in [0.25, 0.3) is 0 Å². The zero-order chi connectivity index (χ0) is 18.4. The van der Waals surface area contributed by atoms with E-state index in [2.05, 4.69) is 26.0 Å². The van der Waals surface area contributed by atoms with E-state index in [1.54, 1.807) is 6.07 Å². The molecule has 3 nitrogen and oxygen atoms in total. The van der Waals surface area contributed by atoms with Gasteiger partial charge in [0.2, 0.25) is 0 Å². The minimum absolute atomic E-state index is 0.0904. The highest BCUT2D eigenvalue weighted by Crippen LogP contribution is 2.64. The van der Waals surface area contributed by atoms with Gasteiger partial charge in [0.05, 0.1) is 10.6 Å². The van der Waals surface area contributed by atoms with E-state index in [9.17, 15) is 8.42 Å². The van der Waals surface area contributed by atoms with E-state index >= 15 is 0 Å². The zero-order valence-corrected chi connectivity index (χ0v) is 16.3. The van der Waals surface area contributed by atoms with Crippen molar-refractivity contribution in [3.05, 3.63) is 65.7 Å². The van der Waals surface area contributed by atoms with E-state index < -0.39 is 15.4 Å². The van der Waals surface area contributed by atoms with Gasteiger partial charge in [-0.15, -0.1) is 0 Å². The van der Waals surface area contributed by atoms with Crippen molar-refractivity contribution in [3.8, 4) is 0 Å². The van der Waals surface area contributed by atoms with Crippen molar-refractivity contribution in [2.45, 2.75) is 56.1 Å². The summed E-state index contributed by atoms with van der Waals surface area (Å²) < 4.78 is 33.1. The number of hydrogen-bond donors (Lipinski definition) is 0. The van der Waals surface area contributed by atoms with E-state index in [1.165, 1.54) is 0 Å². The predicted octanol–water partition coefficient (Wildman–Crippen LogP) is 4.70. The molecule has 2 heterocycles. The predicted molar refractivity (Wildman–Crippen MR) is 103 cm³/mol. The average molecular weight is 371 g/mol. The Bertz CT molecular complexity index is 906. The lowest BCUT2D eigenvalue weighted by Crippen LogP contribution is -2.36. The van der Waals surface area contributed by atoms with Gasteiger partial charge >= 0.3 is 0 Å². The Kier molecular flexibility index (Phi) is 4.24. The molecule has 4 heteroatoms. The molecule has 0 bridgehead atoms. The third kappa shape index (κ3) is 2.46. The summed E-state index contributed by atoms with van der Waals surface area (Å²) in [5.41, 5.74) is 0.890. The molecule has 4 rings (SSSR count). The highest BCUT2D eigenvalue weighted by atomic mass is 32.2. The van der Waals surface area contributed by atoms with Crippen LogP contribution in [0.1, 0.15) is 50.7 Å². The summed E-state index contributed by atoms with van der Waals surface area (Å²) in [5, 5.41) is 0. The molecule has 2 aromatic rings. The maximum Gasteiger partial charge on any atom is 0.179 e. The second-order valence-electron chi connectivity index (χ2n) is 7.67. The third-order valence-corrected chi connectivity index (χ3v) is 8.19. The summed E-state index contributed by atoms with van der Waals surface area (Å²) in [6.07, 6.45) is 3.67. The van der Waals surface area contributed by atoms with Crippen LogP contribution >= 0.6 is 0 Å². The number of ether oxygens (including phenoxy) is 1. The summed E-state index contributed by atoms with van der Waals surface area (Å²) in [7, 11) is -3.36. The van der Waals surface area contributed by atoms with Crippen molar-refractivity contribution in [2.75, 3.05) is 5.75 Å². The molecule has 0 aliphatic carbocycles. The standard InChI is InChI=1S/C22H26O3S/c1-3-5-15-21(4-2)16-26(23,24)19-14-10-9-13-18(19)22(20(21)25-22)17-11-7-6-8-12-17/h6-14,20H,3-5,15-16H2,1-2H3/t20-,21-,22+/m1/s1. The van der Waals surface area contributed by atoms with Crippen LogP contribution in [-0.2, 0) is 20.2 Å². The van der Waals surface area contributed by atoms with E-state index in [4.69, 9.17) is 4.74 Å². The first kappa shape index (κ1) is 17.7. The van der Waals surface area contributed by atoms with Crippen LogP contribution in [0, 0.1) is 5.41 Å². The first-order valence-electron chi connectivity index (χ1n) is 9.56. The summed E-state index contributed by atoms with van der Waals surface area (Å²) in [6.45, 7) is 4.26. The molecule has 0 amide bonds. The van der Waals surface area contributed by atoms with Gasteiger partial charge in [-0.1, -0.05) is 75.2 Å². The first-order valence-corrected chi connectivity index (χ1v) is 11.2. The molecule has 1 fully saturated rings. The highest BCUT2D eigenvalue weighted by molar-refractivity contribution is 7.91. The van der Waals surface area contributed by atoms with E-state index in [-0.39, 0.29) is 17.3 Å².